The lowest BCUT2D eigenvalue weighted by Crippen LogP contribution is -2.13. The molecule has 0 bridgehead atoms. The highest BCUT2D eigenvalue weighted by atomic mass is 16.5. The molecule has 0 spiro atoms. The normalized spacial score (nSPS) is 9.89. The van der Waals surface area contributed by atoms with Gasteiger partial charge in [-0.05, 0) is 25.1 Å². The lowest BCUT2D eigenvalue weighted by Gasteiger charge is -2.08. The van der Waals surface area contributed by atoms with Gasteiger partial charge in [-0.3, -0.25) is 4.79 Å². The van der Waals surface area contributed by atoms with Crippen LogP contribution in [0.3, 0.4) is 0 Å². The fourth-order valence-electron chi connectivity index (χ4n) is 1.49. The highest BCUT2D eigenvalue weighted by Crippen LogP contribution is 2.16. The van der Waals surface area contributed by atoms with Gasteiger partial charge < -0.3 is 9.84 Å². The highest BCUT2D eigenvalue weighted by molar-refractivity contribution is 6.07. The van der Waals surface area contributed by atoms with Crippen LogP contribution in [0.15, 0.2) is 18.2 Å². The van der Waals surface area contributed by atoms with E-state index in [1.54, 1.807) is 13.8 Å². The predicted octanol–water partition coefficient (Wildman–Crippen LogP) is 2.15. The molecule has 1 aromatic rings. The molecule has 0 aliphatic carbocycles. The van der Waals surface area contributed by atoms with Crippen molar-refractivity contribution in [1.82, 2.24) is 0 Å². The van der Waals surface area contributed by atoms with Gasteiger partial charge in [0, 0.05) is 12.0 Å². The number of carboxylic acids is 1. The molecule has 0 amide bonds. The predicted molar refractivity (Wildman–Crippen MR) is 64.0 cm³/mol. The molecule has 1 N–H and O–H groups in total. The third-order valence-corrected chi connectivity index (χ3v) is 2.38. The maximum absolute atomic E-state index is 11.7. The summed E-state index contributed by atoms with van der Waals surface area (Å²) in [6, 6.07) is 3.82. The summed E-state index contributed by atoms with van der Waals surface area (Å²) in [5.74, 6) is -2.07. The third kappa shape index (κ3) is 2.94. The second-order valence-corrected chi connectivity index (χ2v) is 3.56. The standard InChI is InChI=1S/C13H14O5/c1-3-11(14)9-6-5-8(12(15)16)7-10(9)13(17)18-4-2/h5-7H,3-4H2,1-2H3,(H,15,16). The molecule has 0 saturated carbocycles. The summed E-state index contributed by atoms with van der Waals surface area (Å²) < 4.78 is 4.81. The summed E-state index contributed by atoms with van der Waals surface area (Å²) in [4.78, 5) is 34.2. The third-order valence-electron chi connectivity index (χ3n) is 2.38. The van der Waals surface area contributed by atoms with E-state index in [1.165, 1.54) is 18.2 Å². The van der Waals surface area contributed by atoms with Crippen LogP contribution >= 0.6 is 0 Å². The Morgan fingerprint density at radius 3 is 2.33 bits per heavy atom. The van der Waals surface area contributed by atoms with Crippen molar-refractivity contribution in [2.75, 3.05) is 6.61 Å². The highest BCUT2D eigenvalue weighted by Gasteiger charge is 2.19. The summed E-state index contributed by atoms with van der Waals surface area (Å²) in [5, 5.41) is 8.87. The van der Waals surface area contributed by atoms with E-state index in [9.17, 15) is 14.4 Å². The van der Waals surface area contributed by atoms with Crippen LogP contribution < -0.4 is 0 Å². The number of carbonyl (C=O) groups excluding carboxylic acids is 2. The first kappa shape index (κ1) is 13.9. The first-order chi connectivity index (χ1) is 8.51. The maximum atomic E-state index is 11.7. The topological polar surface area (TPSA) is 80.7 Å². The molecule has 1 aromatic carbocycles. The number of esters is 1. The zero-order valence-electron chi connectivity index (χ0n) is 10.2. The lowest BCUT2D eigenvalue weighted by atomic mass is 9.99. The van der Waals surface area contributed by atoms with Crippen LogP contribution in [-0.4, -0.2) is 29.4 Å². The van der Waals surface area contributed by atoms with Crippen LogP contribution in [0.1, 0.15) is 51.3 Å². The van der Waals surface area contributed by atoms with E-state index < -0.39 is 11.9 Å². The number of ether oxygens (including phenoxy) is 1. The molecule has 0 fully saturated rings. The Balaban J connectivity index is 3.30. The smallest absolute Gasteiger partial charge is 0.338 e. The molecular formula is C13H14O5. The van der Waals surface area contributed by atoms with E-state index in [-0.39, 0.29) is 35.5 Å². The molecule has 18 heavy (non-hydrogen) atoms. The first-order valence-corrected chi connectivity index (χ1v) is 5.58. The summed E-state index contributed by atoms with van der Waals surface area (Å²) in [5.41, 5.74) is 0.148. The zero-order valence-corrected chi connectivity index (χ0v) is 10.2. The van der Waals surface area contributed by atoms with Gasteiger partial charge in [0.2, 0.25) is 0 Å². The van der Waals surface area contributed by atoms with Crippen LogP contribution in [-0.2, 0) is 4.74 Å². The van der Waals surface area contributed by atoms with Crippen LogP contribution in [0, 0.1) is 0 Å². The second-order valence-electron chi connectivity index (χ2n) is 3.56. The van der Waals surface area contributed by atoms with Gasteiger partial charge >= 0.3 is 11.9 Å². The van der Waals surface area contributed by atoms with Crippen LogP contribution in [0.4, 0.5) is 0 Å². The molecular weight excluding hydrogens is 236 g/mol. The number of hydrogen-bond donors (Lipinski definition) is 1. The Morgan fingerprint density at radius 2 is 1.83 bits per heavy atom. The van der Waals surface area contributed by atoms with Crippen molar-refractivity contribution in [3.63, 3.8) is 0 Å². The monoisotopic (exact) mass is 250 g/mol. The van der Waals surface area contributed by atoms with Crippen molar-refractivity contribution in [3.8, 4) is 0 Å². The van der Waals surface area contributed by atoms with Crippen molar-refractivity contribution < 1.29 is 24.2 Å². The number of Topliss-reactive ketones (excluding diaryl/α,β-unsaturated/α-hetero) is 1. The fraction of sp³-hybridized carbons (Fsp3) is 0.308. The van der Waals surface area contributed by atoms with Gasteiger partial charge in [-0.1, -0.05) is 6.92 Å². The van der Waals surface area contributed by atoms with E-state index in [0.717, 1.165) is 0 Å². The molecule has 0 radical (unpaired) electrons. The Labute approximate surface area is 104 Å². The van der Waals surface area contributed by atoms with E-state index >= 15 is 0 Å². The zero-order chi connectivity index (χ0) is 13.7. The first-order valence-electron chi connectivity index (χ1n) is 5.58. The van der Waals surface area contributed by atoms with Gasteiger partial charge in [0.1, 0.15) is 0 Å². The van der Waals surface area contributed by atoms with Crippen molar-refractivity contribution >= 4 is 17.7 Å². The summed E-state index contributed by atoms with van der Waals surface area (Å²) in [6.07, 6.45) is 0.235. The number of aromatic carboxylic acids is 1. The fourth-order valence-corrected chi connectivity index (χ4v) is 1.49. The van der Waals surface area contributed by atoms with Crippen molar-refractivity contribution in [3.05, 3.63) is 34.9 Å². The summed E-state index contributed by atoms with van der Waals surface area (Å²) in [6.45, 7) is 3.47. The molecule has 0 aromatic heterocycles. The number of ketones is 1. The lowest BCUT2D eigenvalue weighted by molar-refractivity contribution is 0.0523. The summed E-state index contributed by atoms with van der Waals surface area (Å²) in [7, 11) is 0. The molecule has 1 rings (SSSR count). The Hall–Kier alpha value is -2.17. The molecule has 5 nitrogen and oxygen atoms in total. The molecule has 0 aliphatic rings. The number of hydrogen-bond acceptors (Lipinski definition) is 4. The second kappa shape index (κ2) is 5.95. The van der Waals surface area contributed by atoms with E-state index in [1.807, 2.05) is 0 Å². The number of carboxylic acid groups (broad SMARTS) is 1. The van der Waals surface area contributed by atoms with Gasteiger partial charge in [0.05, 0.1) is 17.7 Å². The van der Waals surface area contributed by atoms with Crippen LogP contribution in [0.5, 0.6) is 0 Å². The average Bonchev–Trinajstić information content (AvgIpc) is 2.37. The molecule has 96 valence electrons. The number of rotatable bonds is 5. The van der Waals surface area contributed by atoms with Crippen molar-refractivity contribution in [1.29, 1.82) is 0 Å². The van der Waals surface area contributed by atoms with Crippen LogP contribution in [0.25, 0.3) is 0 Å². The van der Waals surface area contributed by atoms with E-state index in [2.05, 4.69) is 0 Å². The van der Waals surface area contributed by atoms with Crippen molar-refractivity contribution in [2.24, 2.45) is 0 Å². The van der Waals surface area contributed by atoms with Gasteiger partial charge in [0.15, 0.2) is 5.78 Å². The number of benzene rings is 1. The minimum absolute atomic E-state index is 0.00333. The van der Waals surface area contributed by atoms with Gasteiger partial charge in [-0.2, -0.15) is 0 Å². The van der Waals surface area contributed by atoms with Crippen LogP contribution in [0.2, 0.25) is 0 Å². The summed E-state index contributed by atoms with van der Waals surface area (Å²) >= 11 is 0. The minimum Gasteiger partial charge on any atom is -0.478 e. The largest absolute Gasteiger partial charge is 0.478 e. The Kier molecular flexibility index (Phi) is 4.59. The van der Waals surface area contributed by atoms with E-state index in [0.29, 0.717) is 0 Å². The molecule has 0 atom stereocenters. The van der Waals surface area contributed by atoms with Gasteiger partial charge in [-0.25, -0.2) is 9.59 Å². The van der Waals surface area contributed by atoms with Gasteiger partial charge in [0.25, 0.3) is 0 Å². The minimum atomic E-state index is -1.16. The Bertz CT molecular complexity index is 490. The maximum Gasteiger partial charge on any atom is 0.338 e. The quantitative estimate of drug-likeness (QED) is 0.639. The number of carbonyl (C=O) groups is 3. The SMILES string of the molecule is CCOC(=O)c1cc(C(=O)O)ccc1C(=O)CC. The molecule has 5 heteroatoms. The van der Waals surface area contributed by atoms with E-state index in [4.69, 9.17) is 9.84 Å². The molecule has 0 unspecified atom stereocenters. The molecule has 0 aliphatic heterocycles. The van der Waals surface area contributed by atoms with Gasteiger partial charge in [-0.15, -0.1) is 0 Å². The van der Waals surface area contributed by atoms with Crippen molar-refractivity contribution in [2.45, 2.75) is 20.3 Å². The Morgan fingerprint density at radius 1 is 1.17 bits per heavy atom. The molecule has 0 saturated heterocycles. The molecule has 0 heterocycles. The average molecular weight is 250 g/mol.